The summed E-state index contributed by atoms with van der Waals surface area (Å²) >= 11 is 0. The number of carbonyl (C=O) groups is 1. The zero-order valence-corrected chi connectivity index (χ0v) is 13.4. The first-order valence-electron chi connectivity index (χ1n) is 6.59. The van der Waals surface area contributed by atoms with E-state index in [1.165, 1.54) is 16.8 Å². The van der Waals surface area contributed by atoms with Gasteiger partial charge in [0, 0.05) is 38.6 Å². The van der Waals surface area contributed by atoms with E-state index in [9.17, 15) is 13.2 Å². The molecule has 0 radical (unpaired) electrons. The van der Waals surface area contributed by atoms with Crippen molar-refractivity contribution in [2.24, 2.45) is 0 Å². The Morgan fingerprint density at radius 2 is 2.00 bits per heavy atom. The molecule has 0 spiro atoms. The molecule has 1 heterocycles. The number of pyridine rings is 1. The predicted molar refractivity (Wildman–Crippen MR) is 81.5 cm³/mol. The van der Waals surface area contributed by atoms with Crippen LogP contribution in [0.2, 0.25) is 0 Å². The smallest absolute Gasteiger partial charge is 0.252 e. The fraction of sp³-hybridized carbons (Fsp3) is 0.538. The summed E-state index contributed by atoms with van der Waals surface area (Å²) in [6.07, 6.45) is 4.23. The van der Waals surface area contributed by atoms with Gasteiger partial charge in [0.15, 0.2) is 0 Å². The molecule has 0 fully saturated rings. The first-order valence-corrected chi connectivity index (χ1v) is 8.43. The number of likely N-dealkylation sites (N-methyl/N-ethyl adjacent to an activating group) is 1. The third kappa shape index (κ3) is 6.65. The van der Waals surface area contributed by atoms with E-state index in [1.807, 2.05) is 19.0 Å². The molecule has 0 saturated heterocycles. The van der Waals surface area contributed by atoms with Crippen molar-refractivity contribution >= 4 is 15.9 Å². The molecule has 0 aliphatic rings. The van der Waals surface area contributed by atoms with Crippen molar-refractivity contribution in [3.05, 3.63) is 30.1 Å². The topological polar surface area (TPSA) is 82.6 Å². The van der Waals surface area contributed by atoms with Crippen LogP contribution in [0.15, 0.2) is 24.5 Å². The highest BCUT2D eigenvalue weighted by molar-refractivity contribution is 7.88. The summed E-state index contributed by atoms with van der Waals surface area (Å²) in [6, 6.07) is 3.33. The maximum Gasteiger partial charge on any atom is 0.252 e. The number of carbonyl (C=O) groups excluding carboxylic acids is 1. The molecule has 118 valence electrons. The van der Waals surface area contributed by atoms with E-state index in [1.54, 1.807) is 18.3 Å². The summed E-state index contributed by atoms with van der Waals surface area (Å²) in [5.41, 5.74) is 0.455. The lowest BCUT2D eigenvalue weighted by atomic mass is 10.3. The van der Waals surface area contributed by atoms with Gasteiger partial charge in [-0.3, -0.25) is 9.78 Å². The van der Waals surface area contributed by atoms with Gasteiger partial charge in [0.25, 0.3) is 5.91 Å². The molecule has 21 heavy (non-hydrogen) atoms. The van der Waals surface area contributed by atoms with Crippen molar-refractivity contribution in [1.29, 1.82) is 0 Å². The Morgan fingerprint density at radius 3 is 2.52 bits per heavy atom. The summed E-state index contributed by atoms with van der Waals surface area (Å²) < 4.78 is 24.7. The second-order valence-electron chi connectivity index (χ2n) is 4.96. The summed E-state index contributed by atoms with van der Waals surface area (Å²) in [4.78, 5) is 17.6. The summed E-state index contributed by atoms with van der Waals surface area (Å²) in [5, 5.41) is 2.69. The largest absolute Gasteiger partial charge is 0.351 e. The first-order chi connectivity index (χ1) is 9.80. The Balaban J connectivity index is 2.48. The van der Waals surface area contributed by atoms with Gasteiger partial charge in [-0.15, -0.1) is 0 Å². The molecule has 1 rings (SSSR count). The Bertz CT molecular complexity index is 546. The number of nitrogens with zero attached hydrogens (tertiary/aromatic N) is 3. The van der Waals surface area contributed by atoms with Crippen LogP contribution in [0.3, 0.4) is 0 Å². The molecule has 0 atom stereocenters. The average molecular weight is 314 g/mol. The SMILES string of the molecule is CN(C)CCN(CCNC(=O)c1cccnc1)S(C)(=O)=O. The number of hydrogen-bond acceptors (Lipinski definition) is 5. The molecule has 1 aromatic rings. The van der Waals surface area contributed by atoms with E-state index in [2.05, 4.69) is 10.3 Å². The van der Waals surface area contributed by atoms with Crippen LogP contribution < -0.4 is 5.32 Å². The molecule has 1 N–H and O–H groups in total. The van der Waals surface area contributed by atoms with Crippen molar-refractivity contribution in [1.82, 2.24) is 19.5 Å². The van der Waals surface area contributed by atoms with Crippen LogP contribution in [0.1, 0.15) is 10.4 Å². The molecule has 0 aliphatic carbocycles. The zero-order valence-electron chi connectivity index (χ0n) is 12.6. The molecule has 0 aromatic carbocycles. The van der Waals surface area contributed by atoms with Crippen LogP contribution in [0.25, 0.3) is 0 Å². The Morgan fingerprint density at radius 1 is 1.29 bits per heavy atom. The second kappa shape index (κ2) is 8.06. The van der Waals surface area contributed by atoms with E-state index in [0.29, 0.717) is 18.7 Å². The number of sulfonamides is 1. The van der Waals surface area contributed by atoms with Crippen molar-refractivity contribution in [2.45, 2.75) is 0 Å². The highest BCUT2D eigenvalue weighted by Gasteiger charge is 2.16. The first kappa shape index (κ1) is 17.5. The lowest BCUT2D eigenvalue weighted by Crippen LogP contribution is -2.41. The molecule has 0 unspecified atom stereocenters. The summed E-state index contributed by atoms with van der Waals surface area (Å²) in [5.74, 6) is -0.260. The maximum atomic E-state index is 11.8. The highest BCUT2D eigenvalue weighted by atomic mass is 32.2. The van der Waals surface area contributed by atoms with Gasteiger partial charge in [-0.2, -0.15) is 4.31 Å². The van der Waals surface area contributed by atoms with Gasteiger partial charge in [0.2, 0.25) is 10.0 Å². The minimum atomic E-state index is -3.28. The monoisotopic (exact) mass is 314 g/mol. The number of rotatable bonds is 8. The fourth-order valence-electron chi connectivity index (χ4n) is 1.65. The van der Waals surface area contributed by atoms with Crippen LogP contribution in [-0.4, -0.2) is 75.0 Å². The van der Waals surface area contributed by atoms with Gasteiger partial charge >= 0.3 is 0 Å². The minimum absolute atomic E-state index is 0.249. The predicted octanol–water partition coefficient (Wildman–Crippen LogP) is -0.365. The van der Waals surface area contributed by atoms with Crippen molar-refractivity contribution < 1.29 is 13.2 Å². The fourth-order valence-corrected chi connectivity index (χ4v) is 2.48. The molecule has 0 aliphatic heterocycles. The lowest BCUT2D eigenvalue weighted by Gasteiger charge is -2.22. The number of amides is 1. The van der Waals surface area contributed by atoms with Crippen molar-refractivity contribution in [3.8, 4) is 0 Å². The normalized spacial score (nSPS) is 11.9. The van der Waals surface area contributed by atoms with Crippen LogP contribution in [0.4, 0.5) is 0 Å². The molecule has 1 amide bonds. The van der Waals surface area contributed by atoms with E-state index >= 15 is 0 Å². The molecular weight excluding hydrogens is 292 g/mol. The van der Waals surface area contributed by atoms with Crippen molar-refractivity contribution in [2.75, 3.05) is 46.5 Å². The third-order valence-corrected chi connectivity index (χ3v) is 4.14. The summed E-state index contributed by atoms with van der Waals surface area (Å²) in [6.45, 7) is 1.53. The van der Waals surface area contributed by atoms with Gasteiger partial charge in [-0.1, -0.05) is 0 Å². The van der Waals surface area contributed by atoms with Gasteiger partial charge < -0.3 is 10.2 Å². The van der Waals surface area contributed by atoms with Crippen molar-refractivity contribution in [3.63, 3.8) is 0 Å². The van der Waals surface area contributed by atoms with Gasteiger partial charge in [-0.25, -0.2) is 8.42 Å². The minimum Gasteiger partial charge on any atom is -0.351 e. The van der Waals surface area contributed by atoms with E-state index < -0.39 is 10.0 Å². The van der Waals surface area contributed by atoms with E-state index in [-0.39, 0.29) is 19.0 Å². The molecular formula is C13H22N4O3S. The second-order valence-corrected chi connectivity index (χ2v) is 6.95. The number of aromatic nitrogens is 1. The van der Waals surface area contributed by atoms with Gasteiger partial charge in [0.05, 0.1) is 11.8 Å². The molecule has 0 bridgehead atoms. The molecule has 1 aromatic heterocycles. The Kier molecular flexibility index (Phi) is 6.73. The van der Waals surface area contributed by atoms with Gasteiger partial charge in [-0.05, 0) is 26.2 Å². The quantitative estimate of drug-likeness (QED) is 0.708. The highest BCUT2D eigenvalue weighted by Crippen LogP contribution is 1.98. The standard InChI is InChI=1S/C13H22N4O3S/c1-16(2)9-10-17(21(3,19)20)8-7-15-13(18)12-5-4-6-14-11-12/h4-6,11H,7-10H2,1-3H3,(H,15,18). The third-order valence-electron chi connectivity index (χ3n) is 2.84. The molecule has 0 saturated carbocycles. The van der Waals surface area contributed by atoms with E-state index in [4.69, 9.17) is 0 Å². The lowest BCUT2D eigenvalue weighted by molar-refractivity contribution is 0.0951. The number of nitrogens with one attached hydrogen (secondary N) is 1. The van der Waals surface area contributed by atoms with Crippen LogP contribution in [-0.2, 0) is 10.0 Å². The Hall–Kier alpha value is -1.51. The van der Waals surface area contributed by atoms with Crippen LogP contribution in [0, 0.1) is 0 Å². The number of hydrogen-bond donors (Lipinski definition) is 1. The molecule has 7 nitrogen and oxygen atoms in total. The average Bonchev–Trinajstić information content (AvgIpc) is 2.41. The van der Waals surface area contributed by atoms with E-state index in [0.717, 1.165) is 0 Å². The van der Waals surface area contributed by atoms with Crippen LogP contribution in [0.5, 0.6) is 0 Å². The zero-order chi connectivity index (χ0) is 15.9. The van der Waals surface area contributed by atoms with Gasteiger partial charge in [0.1, 0.15) is 0 Å². The van der Waals surface area contributed by atoms with Crippen LogP contribution >= 0.6 is 0 Å². The maximum absolute atomic E-state index is 11.8. The Labute approximate surface area is 126 Å². The molecule has 8 heteroatoms. The summed E-state index contributed by atoms with van der Waals surface area (Å²) in [7, 11) is 0.479.